The van der Waals surface area contributed by atoms with Gasteiger partial charge in [-0.2, -0.15) is 4.31 Å². The maximum Gasteiger partial charge on any atom is 0.268 e. The summed E-state index contributed by atoms with van der Waals surface area (Å²) >= 11 is 0. The monoisotopic (exact) mass is 540 g/mol. The Morgan fingerprint density at radius 3 is 2.29 bits per heavy atom. The number of ether oxygens (including phenoxy) is 1. The van der Waals surface area contributed by atoms with Gasteiger partial charge in [-0.1, -0.05) is 0 Å². The van der Waals surface area contributed by atoms with E-state index in [-0.39, 0.29) is 23.3 Å². The largest absolute Gasteiger partial charge is 0.479 e. The van der Waals surface area contributed by atoms with E-state index in [2.05, 4.69) is 5.32 Å². The highest BCUT2D eigenvalue weighted by Gasteiger charge is 2.34. The normalized spacial score (nSPS) is 20.1. The molecule has 5 rings (SSSR count). The third-order valence-corrected chi connectivity index (χ3v) is 9.16. The van der Waals surface area contributed by atoms with Gasteiger partial charge in [0.25, 0.3) is 11.8 Å². The topological polar surface area (TPSA) is 116 Å². The summed E-state index contributed by atoms with van der Waals surface area (Å²) in [5.74, 6) is -0.405. The van der Waals surface area contributed by atoms with Gasteiger partial charge in [-0.25, -0.2) is 8.42 Å². The number of rotatable bonds is 6. The van der Waals surface area contributed by atoms with Crippen molar-refractivity contribution in [2.24, 2.45) is 0 Å². The Kier molecular flexibility index (Phi) is 7.40. The van der Waals surface area contributed by atoms with Gasteiger partial charge in [0.2, 0.25) is 15.9 Å². The van der Waals surface area contributed by atoms with E-state index in [1.165, 1.54) is 33.5 Å². The maximum absolute atomic E-state index is 13.0. The second-order valence-corrected chi connectivity index (χ2v) is 11.8. The predicted molar refractivity (Wildman–Crippen MR) is 142 cm³/mol. The molecule has 1 atom stereocenters. The Balaban J connectivity index is 1.32. The molecule has 11 heteroatoms. The lowest BCUT2D eigenvalue weighted by molar-refractivity contribution is -0.133. The number of sulfonamides is 1. The number of amides is 3. The minimum atomic E-state index is -3.57. The molecule has 2 aromatic rings. The van der Waals surface area contributed by atoms with E-state index >= 15 is 0 Å². The molecule has 3 aliphatic heterocycles. The first-order chi connectivity index (χ1) is 18.2. The zero-order chi connectivity index (χ0) is 26.9. The third kappa shape index (κ3) is 5.25. The van der Waals surface area contributed by atoms with Gasteiger partial charge in [-0.15, -0.1) is 0 Å². The predicted octanol–water partition coefficient (Wildman–Crippen LogP) is 2.85. The molecule has 3 amide bonds. The van der Waals surface area contributed by atoms with Gasteiger partial charge in [0.05, 0.1) is 10.6 Å². The SMILES string of the molecule is CC1Oc2ccc(NC(=O)c3ccc(S(=O)(=O)N4CCCC4)cc3)cc2N(CC(=O)N2CCCCC2)C1=O. The fourth-order valence-corrected chi connectivity index (χ4v) is 6.60. The quantitative estimate of drug-likeness (QED) is 0.602. The fraction of sp³-hybridized carbons (Fsp3) is 0.444. The zero-order valence-corrected chi connectivity index (χ0v) is 22.2. The van der Waals surface area contributed by atoms with Crippen LogP contribution in [0.15, 0.2) is 47.4 Å². The summed E-state index contributed by atoms with van der Waals surface area (Å²) in [5.41, 5.74) is 1.13. The highest BCUT2D eigenvalue weighted by Crippen LogP contribution is 2.36. The Bertz CT molecular complexity index is 1330. The van der Waals surface area contributed by atoms with Crippen LogP contribution in [0.25, 0.3) is 0 Å². The van der Waals surface area contributed by atoms with E-state index in [0.29, 0.717) is 48.9 Å². The third-order valence-electron chi connectivity index (χ3n) is 7.25. The molecule has 38 heavy (non-hydrogen) atoms. The summed E-state index contributed by atoms with van der Waals surface area (Å²) in [4.78, 5) is 42.2. The molecule has 1 N–H and O–H groups in total. The van der Waals surface area contributed by atoms with Gasteiger partial charge in [0.15, 0.2) is 6.10 Å². The summed E-state index contributed by atoms with van der Waals surface area (Å²) in [6.07, 6.45) is 3.97. The van der Waals surface area contributed by atoms with Crippen molar-refractivity contribution in [1.29, 1.82) is 0 Å². The van der Waals surface area contributed by atoms with E-state index in [1.54, 1.807) is 30.0 Å². The van der Waals surface area contributed by atoms with Gasteiger partial charge in [-0.05, 0) is 81.5 Å². The molecule has 202 valence electrons. The zero-order valence-electron chi connectivity index (χ0n) is 21.4. The van der Waals surface area contributed by atoms with E-state index in [4.69, 9.17) is 4.74 Å². The summed E-state index contributed by atoms with van der Waals surface area (Å²) in [7, 11) is -3.57. The van der Waals surface area contributed by atoms with Crippen LogP contribution in [0.1, 0.15) is 49.4 Å². The van der Waals surface area contributed by atoms with Crippen LogP contribution in [0.5, 0.6) is 5.75 Å². The number of piperidine rings is 1. The number of benzene rings is 2. The van der Waals surface area contributed by atoms with Crippen molar-refractivity contribution in [3.05, 3.63) is 48.0 Å². The molecular weight excluding hydrogens is 508 g/mol. The van der Waals surface area contributed by atoms with Crippen LogP contribution in [0.4, 0.5) is 11.4 Å². The van der Waals surface area contributed by atoms with Crippen molar-refractivity contribution < 1.29 is 27.5 Å². The van der Waals surface area contributed by atoms with Crippen LogP contribution >= 0.6 is 0 Å². The second kappa shape index (κ2) is 10.7. The lowest BCUT2D eigenvalue weighted by Crippen LogP contribution is -2.50. The van der Waals surface area contributed by atoms with Crippen LogP contribution in [0.3, 0.4) is 0 Å². The van der Waals surface area contributed by atoms with Crippen LogP contribution < -0.4 is 15.0 Å². The average Bonchev–Trinajstić information content (AvgIpc) is 3.48. The van der Waals surface area contributed by atoms with Crippen LogP contribution in [0.2, 0.25) is 0 Å². The lowest BCUT2D eigenvalue weighted by atomic mass is 10.1. The average molecular weight is 541 g/mol. The molecule has 3 heterocycles. The molecule has 3 aliphatic rings. The summed E-state index contributed by atoms with van der Waals surface area (Å²) < 4.78 is 32.7. The Hall–Kier alpha value is -3.44. The molecule has 2 aromatic carbocycles. The molecule has 2 fully saturated rings. The molecule has 2 saturated heterocycles. The molecule has 0 aromatic heterocycles. The molecule has 1 unspecified atom stereocenters. The van der Waals surface area contributed by atoms with Gasteiger partial charge in [0, 0.05) is 37.4 Å². The van der Waals surface area contributed by atoms with Gasteiger partial charge in [-0.3, -0.25) is 19.3 Å². The van der Waals surface area contributed by atoms with Crippen LogP contribution in [0, 0.1) is 0 Å². The number of anilines is 2. The first-order valence-corrected chi connectivity index (χ1v) is 14.5. The fourth-order valence-electron chi connectivity index (χ4n) is 5.09. The highest BCUT2D eigenvalue weighted by atomic mass is 32.2. The van der Waals surface area contributed by atoms with E-state index in [9.17, 15) is 22.8 Å². The molecule has 0 aliphatic carbocycles. The van der Waals surface area contributed by atoms with Crippen molar-refractivity contribution in [1.82, 2.24) is 9.21 Å². The van der Waals surface area contributed by atoms with Gasteiger partial charge in [0.1, 0.15) is 12.3 Å². The van der Waals surface area contributed by atoms with Crippen molar-refractivity contribution >= 4 is 39.1 Å². The molecule has 0 bridgehead atoms. The Morgan fingerprint density at radius 2 is 1.61 bits per heavy atom. The van der Waals surface area contributed by atoms with Crippen molar-refractivity contribution in [2.45, 2.75) is 50.0 Å². The minimum absolute atomic E-state index is 0.0934. The first kappa shape index (κ1) is 26.2. The first-order valence-electron chi connectivity index (χ1n) is 13.1. The number of carbonyl (C=O) groups excluding carboxylic acids is 3. The molecule has 0 radical (unpaired) electrons. The number of fused-ring (bicyclic) bond motifs is 1. The highest BCUT2D eigenvalue weighted by molar-refractivity contribution is 7.89. The van der Waals surface area contributed by atoms with Gasteiger partial charge < -0.3 is 15.0 Å². The summed E-state index contributed by atoms with van der Waals surface area (Å²) in [5, 5.41) is 2.80. The second-order valence-electron chi connectivity index (χ2n) is 9.90. The minimum Gasteiger partial charge on any atom is -0.479 e. The lowest BCUT2D eigenvalue weighted by Gasteiger charge is -2.35. The van der Waals surface area contributed by atoms with E-state index < -0.39 is 22.0 Å². The van der Waals surface area contributed by atoms with Crippen LogP contribution in [-0.2, 0) is 19.6 Å². The standard InChI is InChI=1S/C27H32N4O6S/c1-19-27(34)31(18-25(32)29-13-3-2-4-14-29)23-17-21(9-12-24(23)37-19)28-26(33)20-7-10-22(11-8-20)38(35,36)30-15-5-6-16-30/h7-12,17,19H,2-6,13-16,18H2,1H3,(H,28,33). The number of nitrogens with one attached hydrogen (secondary N) is 1. The molecule has 0 saturated carbocycles. The van der Waals surface area contributed by atoms with E-state index in [0.717, 1.165) is 32.1 Å². The Morgan fingerprint density at radius 1 is 0.947 bits per heavy atom. The number of hydrogen-bond acceptors (Lipinski definition) is 6. The van der Waals surface area contributed by atoms with Crippen molar-refractivity contribution in [3.63, 3.8) is 0 Å². The smallest absolute Gasteiger partial charge is 0.268 e. The number of carbonyl (C=O) groups is 3. The van der Waals surface area contributed by atoms with Gasteiger partial charge >= 0.3 is 0 Å². The number of hydrogen-bond donors (Lipinski definition) is 1. The van der Waals surface area contributed by atoms with Crippen molar-refractivity contribution in [3.8, 4) is 5.75 Å². The summed E-state index contributed by atoms with van der Waals surface area (Å²) in [6, 6.07) is 10.8. The molecule has 0 spiro atoms. The molecular formula is C27H32N4O6S. The Labute approximate surface area is 222 Å². The number of likely N-dealkylation sites (tertiary alicyclic amines) is 1. The molecule has 10 nitrogen and oxygen atoms in total. The maximum atomic E-state index is 13.0. The number of nitrogens with zero attached hydrogens (tertiary/aromatic N) is 3. The van der Waals surface area contributed by atoms with E-state index in [1.807, 2.05) is 0 Å². The summed E-state index contributed by atoms with van der Waals surface area (Å²) in [6.45, 7) is 3.95. The van der Waals surface area contributed by atoms with Crippen LogP contribution in [-0.4, -0.2) is 74.2 Å². The van der Waals surface area contributed by atoms with Crippen molar-refractivity contribution in [2.75, 3.05) is 42.9 Å².